The highest BCUT2D eigenvalue weighted by Gasteiger charge is 2.48. The summed E-state index contributed by atoms with van der Waals surface area (Å²) in [7, 11) is 1.50. The Morgan fingerprint density at radius 2 is 1.84 bits per heavy atom. The van der Waals surface area contributed by atoms with E-state index in [-0.39, 0.29) is 27.5 Å². The van der Waals surface area contributed by atoms with Gasteiger partial charge in [0.1, 0.15) is 17.3 Å². The van der Waals surface area contributed by atoms with Gasteiger partial charge < -0.3 is 14.6 Å². The number of amides is 1. The van der Waals surface area contributed by atoms with Crippen LogP contribution in [0.15, 0.2) is 72.3 Å². The lowest BCUT2D eigenvalue weighted by atomic mass is 9.95. The van der Waals surface area contributed by atoms with E-state index >= 15 is 0 Å². The molecular weight excluding hydrogens is 510 g/mol. The predicted octanol–water partition coefficient (Wildman–Crippen LogP) is 5.24. The topological polar surface area (TPSA) is 132 Å². The Morgan fingerprint density at radius 3 is 2.53 bits per heavy atom. The number of nitro benzene ring substituents is 1. The van der Waals surface area contributed by atoms with Crippen LogP contribution in [-0.2, 0) is 9.59 Å². The van der Waals surface area contributed by atoms with E-state index in [2.05, 4.69) is 4.98 Å². The van der Waals surface area contributed by atoms with E-state index in [0.29, 0.717) is 23.6 Å². The number of nitro groups is 1. The summed E-state index contributed by atoms with van der Waals surface area (Å²) in [4.78, 5) is 43.5. The fourth-order valence-electron chi connectivity index (χ4n) is 4.31. The van der Waals surface area contributed by atoms with Gasteiger partial charge in [-0.1, -0.05) is 23.5 Å². The minimum atomic E-state index is -1.15. The lowest BCUT2D eigenvalue weighted by Crippen LogP contribution is -2.29. The normalized spacial score (nSPS) is 16.7. The molecule has 0 bridgehead atoms. The number of benzene rings is 3. The van der Waals surface area contributed by atoms with Gasteiger partial charge in [0.25, 0.3) is 11.5 Å². The van der Waals surface area contributed by atoms with Crippen LogP contribution in [0.25, 0.3) is 16.0 Å². The number of ether oxygens (including phenoxy) is 2. The molecule has 10 nitrogen and oxygen atoms in total. The standard InChI is InChI=1S/C27H21N3O7S/c1-3-37-19-11-12-20-21(14-19)38-27(28-20)29-23(16-5-4-6-17(13-16)30(34)35)22(25(32)26(29)33)24(31)15-7-9-18(36-2)10-8-15/h4-14,23,31H,3H2,1-2H3/b24-22+/t23-/m0/s1. The first-order valence-corrected chi connectivity index (χ1v) is 12.4. The SMILES string of the molecule is CCOc1ccc2nc(N3C(=O)C(=O)/C(=C(/O)c4ccc(OC)cc4)[C@@H]3c3cccc([N+](=O)[O-])c3)sc2c1. The van der Waals surface area contributed by atoms with Gasteiger partial charge in [-0.3, -0.25) is 24.6 Å². The highest BCUT2D eigenvalue weighted by molar-refractivity contribution is 7.22. The molecule has 11 heteroatoms. The van der Waals surface area contributed by atoms with Crippen molar-refractivity contribution in [2.45, 2.75) is 13.0 Å². The average molecular weight is 532 g/mol. The molecule has 1 aliphatic rings. The lowest BCUT2D eigenvalue weighted by molar-refractivity contribution is -0.384. The average Bonchev–Trinajstić information content (AvgIpc) is 3.46. The van der Waals surface area contributed by atoms with Crippen molar-refractivity contribution in [1.29, 1.82) is 0 Å². The molecule has 0 aliphatic carbocycles. The van der Waals surface area contributed by atoms with Gasteiger partial charge in [0.15, 0.2) is 5.13 Å². The largest absolute Gasteiger partial charge is 0.507 e. The van der Waals surface area contributed by atoms with E-state index < -0.39 is 28.4 Å². The molecule has 1 N–H and O–H groups in total. The maximum absolute atomic E-state index is 13.4. The summed E-state index contributed by atoms with van der Waals surface area (Å²) in [5.41, 5.74) is 0.731. The summed E-state index contributed by atoms with van der Waals surface area (Å²) in [6.07, 6.45) is 0. The Labute approximate surface area is 220 Å². The zero-order valence-corrected chi connectivity index (χ0v) is 21.1. The van der Waals surface area contributed by atoms with E-state index in [4.69, 9.17) is 9.47 Å². The first-order chi connectivity index (χ1) is 18.3. The van der Waals surface area contributed by atoms with Crippen LogP contribution in [0.4, 0.5) is 10.8 Å². The number of Topliss-reactive ketones (excluding diaryl/α,β-unsaturated/α-hetero) is 1. The molecule has 3 aromatic carbocycles. The number of hydrogen-bond acceptors (Lipinski definition) is 9. The second-order valence-corrected chi connectivity index (χ2v) is 9.32. The Bertz CT molecular complexity index is 1610. The van der Waals surface area contributed by atoms with Crippen molar-refractivity contribution >= 4 is 49.8 Å². The Morgan fingerprint density at radius 1 is 1.11 bits per heavy atom. The molecule has 0 unspecified atom stereocenters. The second-order valence-electron chi connectivity index (χ2n) is 8.31. The van der Waals surface area contributed by atoms with Gasteiger partial charge in [-0.05, 0) is 55.0 Å². The number of methoxy groups -OCH3 is 1. The fourth-order valence-corrected chi connectivity index (χ4v) is 5.33. The molecule has 1 aromatic heterocycles. The van der Waals surface area contributed by atoms with Crippen molar-refractivity contribution in [3.8, 4) is 11.5 Å². The molecule has 1 amide bonds. The summed E-state index contributed by atoms with van der Waals surface area (Å²) < 4.78 is 11.4. The highest BCUT2D eigenvalue weighted by Crippen LogP contribution is 2.45. The third kappa shape index (κ3) is 4.33. The number of aliphatic hydroxyl groups excluding tert-OH is 1. The monoisotopic (exact) mass is 531 g/mol. The van der Waals surface area contributed by atoms with Gasteiger partial charge in [-0.25, -0.2) is 4.98 Å². The molecule has 1 fully saturated rings. The quantitative estimate of drug-likeness (QED) is 0.113. The van der Waals surface area contributed by atoms with Gasteiger partial charge >= 0.3 is 5.91 Å². The molecule has 1 saturated heterocycles. The van der Waals surface area contributed by atoms with E-state index in [0.717, 1.165) is 4.70 Å². The zero-order valence-electron chi connectivity index (χ0n) is 20.3. The van der Waals surface area contributed by atoms with Crippen LogP contribution in [-0.4, -0.2) is 40.4 Å². The Hall–Kier alpha value is -4.77. The first-order valence-electron chi connectivity index (χ1n) is 11.6. The zero-order chi connectivity index (χ0) is 27.0. The van der Waals surface area contributed by atoms with Crippen molar-refractivity contribution in [2.24, 2.45) is 0 Å². The third-order valence-electron chi connectivity index (χ3n) is 6.07. The Balaban J connectivity index is 1.70. The van der Waals surface area contributed by atoms with Crippen LogP contribution in [0, 0.1) is 10.1 Å². The summed E-state index contributed by atoms with van der Waals surface area (Å²) in [5, 5.41) is 23.0. The number of thiazole rings is 1. The van der Waals surface area contributed by atoms with Gasteiger partial charge in [0.05, 0.1) is 40.5 Å². The minimum absolute atomic E-state index is 0.199. The number of ketones is 1. The molecule has 1 atom stereocenters. The van der Waals surface area contributed by atoms with E-state index in [1.54, 1.807) is 48.5 Å². The van der Waals surface area contributed by atoms with Crippen molar-refractivity contribution in [1.82, 2.24) is 4.98 Å². The first kappa shape index (κ1) is 24.9. The maximum Gasteiger partial charge on any atom is 0.301 e. The molecule has 38 heavy (non-hydrogen) atoms. The molecule has 2 heterocycles. The number of rotatable bonds is 7. The van der Waals surface area contributed by atoms with Gasteiger partial charge in [-0.15, -0.1) is 0 Å². The number of nitrogens with zero attached hydrogens (tertiary/aromatic N) is 3. The number of aromatic nitrogens is 1. The van der Waals surface area contributed by atoms with Crippen LogP contribution in [0.5, 0.6) is 11.5 Å². The third-order valence-corrected chi connectivity index (χ3v) is 7.09. The number of carbonyl (C=O) groups excluding carboxylic acids is 2. The number of carbonyl (C=O) groups is 2. The minimum Gasteiger partial charge on any atom is -0.507 e. The molecule has 1 aliphatic heterocycles. The number of fused-ring (bicyclic) bond motifs is 1. The van der Waals surface area contributed by atoms with E-state index in [1.165, 1.54) is 41.5 Å². The molecule has 5 rings (SSSR count). The van der Waals surface area contributed by atoms with E-state index in [9.17, 15) is 24.8 Å². The van der Waals surface area contributed by atoms with Crippen molar-refractivity contribution in [3.05, 3.63) is 93.5 Å². The maximum atomic E-state index is 13.4. The summed E-state index contributed by atoms with van der Waals surface area (Å²) in [5.74, 6) is -1.07. The van der Waals surface area contributed by atoms with Crippen LogP contribution >= 0.6 is 11.3 Å². The van der Waals surface area contributed by atoms with Gasteiger partial charge in [-0.2, -0.15) is 0 Å². The van der Waals surface area contributed by atoms with E-state index in [1.807, 2.05) is 6.92 Å². The number of anilines is 1. The second kappa shape index (κ2) is 9.94. The van der Waals surface area contributed by atoms with Crippen molar-refractivity contribution < 1.29 is 29.1 Å². The smallest absolute Gasteiger partial charge is 0.301 e. The lowest BCUT2D eigenvalue weighted by Gasteiger charge is -2.22. The molecule has 0 saturated carbocycles. The van der Waals surface area contributed by atoms with Crippen LogP contribution < -0.4 is 14.4 Å². The summed E-state index contributed by atoms with van der Waals surface area (Å²) in [6, 6.07) is 16.1. The highest BCUT2D eigenvalue weighted by atomic mass is 32.1. The summed E-state index contributed by atoms with van der Waals surface area (Å²) >= 11 is 1.17. The number of hydrogen-bond donors (Lipinski definition) is 1. The molecule has 4 aromatic rings. The van der Waals surface area contributed by atoms with Gasteiger partial charge in [0.2, 0.25) is 0 Å². The molecule has 0 spiro atoms. The summed E-state index contributed by atoms with van der Waals surface area (Å²) in [6.45, 7) is 2.34. The number of aliphatic hydroxyl groups is 1. The molecule has 0 radical (unpaired) electrons. The molecular formula is C27H21N3O7S. The van der Waals surface area contributed by atoms with Gasteiger partial charge in [0, 0.05) is 17.7 Å². The molecule has 192 valence electrons. The Kier molecular flexibility index (Phi) is 6.52. The fraction of sp³-hybridized carbons (Fsp3) is 0.148. The number of non-ortho nitro benzene ring substituents is 1. The van der Waals surface area contributed by atoms with Crippen molar-refractivity contribution in [2.75, 3.05) is 18.6 Å². The predicted molar refractivity (Wildman–Crippen MR) is 142 cm³/mol. The van der Waals surface area contributed by atoms with Crippen molar-refractivity contribution in [3.63, 3.8) is 0 Å². The van der Waals surface area contributed by atoms with Crippen LogP contribution in [0.2, 0.25) is 0 Å². The van der Waals surface area contributed by atoms with Crippen LogP contribution in [0.1, 0.15) is 24.1 Å². The van der Waals surface area contributed by atoms with Crippen LogP contribution in [0.3, 0.4) is 0 Å².